The molecule has 1 aliphatic carbocycles. The van der Waals surface area contributed by atoms with Crippen molar-refractivity contribution in [3.63, 3.8) is 0 Å². The zero-order chi connectivity index (χ0) is 10.0. The molecule has 1 heteroatoms. The maximum Gasteiger partial charge on any atom is 0.109 e. The van der Waals surface area contributed by atoms with Crippen LogP contribution < -0.4 is 0 Å². The van der Waals surface area contributed by atoms with Gasteiger partial charge < -0.3 is 0 Å². The van der Waals surface area contributed by atoms with Crippen molar-refractivity contribution in [1.29, 1.82) is 0 Å². The fraction of sp³-hybridized carbons (Fsp3) is 0.500. The minimum absolute atomic E-state index is 0.00750. The van der Waals surface area contributed by atoms with Gasteiger partial charge in [0.25, 0.3) is 0 Å². The molecule has 0 N–H and O–H groups in total. The highest BCUT2D eigenvalue weighted by Gasteiger charge is 2.12. The van der Waals surface area contributed by atoms with Gasteiger partial charge in [-0.3, -0.25) is 0 Å². The van der Waals surface area contributed by atoms with Crippen LogP contribution in [0.1, 0.15) is 27.7 Å². The van der Waals surface area contributed by atoms with Crippen molar-refractivity contribution in [2.24, 2.45) is 11.8 Å². The average molecular weight is 180 g/mol. The van der Waals surface area contributed by atoms with Crippen LogP contribution in [0, 0.1) is 11.8 Å². The molecule has 13 heavy (non-hydrogen) atoms. The molecule has 0 saturated carbocycles. The molecule has 1 atom stereocenters. The number of hydrogen-bond donors (Lipinski definition) is 0. The van der Waals surface area contributed by atoms with E-state index in [0.717, 1.165) is 5.57 Å². The SMILES string of the molecule is CC1=C(F)C(C)C=CC(C(C)C)=C1. The van der Waals surface area contributed by atoms with Gasteiger partial charge in [0.15, 0.2) is 0 Å². The summed E-state index contributed by atoms with van der Waals surface area (Å²) < 4.78 is 13.5. The molecule has 0 aromatic heterocycles. The largest absolute Gasteiger partial charge is 0.211 e. The van der Waals surface area contributed by atoms with Crippen molar-refractivity contribution >= 4 is 0 Å². The van der Waals surface area contributed by atoms with Crippen LogP contribution in [0.3, 0.4) is 0 Å². The second-order valence-electron chi connectivity index (χ2n) is 3.98. The van der Waals surface area contributed by atoms with E-state index in [1.165, 1.54) is 5.57 Å². The van der Waals surface area contributed by atoms with E-state index < -0.39 is 0 Å². The molecule has 0 radical (unpaired) electrons. The summed E-state index contributed by atoms with van der Waals surface area (Å²) in [5.74, 6) is 0.378. The fourth-order valence-corrected chi connectivity index (χ4v) is 1.43. The lowest BCUT2D eigenvalue weighted by Crippen LogP contribution is -1.90. The van der Waals surface area contributed by atoms with Gasteiger partial charge in [-0.1, -0.05) is 39.0 Å². The van der Waals surface area contributed by atoms with Gasteiger partial charge in [0.1, 0.15) is 5.83 Å². The van der Waals surface area contributed by atoms with Crippen molar-refractivity contribution in [1.82, 2.24) is 0 Å². The van der Waals surface area contributed by atoms with Gasteiger partial charge in [0.2, 0.25) is 0 Å². The van der Waals surface area contributed by atoms with E-state index in [4.69, 9.17) is 0 Å². The molecular formula is C12H17F. The summed E-state index contributed by atoms with van der Waals surface area (Å²) in [5.41, 5.74) is 1.97. The van der Waals surface area contributed by atoms with Crippen LogP contribution in [0.2, 0.25) is 0 Å². The highest BCUT2D eigenvalue weighted by atomic mass is 19.1. The van der Waals surface area contributed by atoms with Gasteiger partial charge in [-0.25, -0.2) is 4.39 Å². The Bertz CT molecular complexity index is 279. The van der Waals surface area contributed by atoms with Crippen molar-refractivity contribution in [3.05, 3.63) is 35.2 Å². The van der Waals surface area contributed by atoms with Crippen LogP contribution in [-0.4, -0.2) is 0 Å². The minimum atomic E-state index is -0.0764. The van der Waals surface area contributed by atoms with E-state index in [1.54, 1.807) is 0 Å². The quantitative estimate of drug-likeness (QED) is 0.571. The first-order valence-corrected chi connectivity index (χ1v) is 4.78. The molecule has 72 valence electrons. The molecule has 0 amide bonds. The Morgan fingerprint density at radius 3 is 2.54 bits per heavy atom. The lowest BCUT2D eigenvalue weighted by molar-refractivity contribution is 0.541. The Kier molecular flexibility index (Phi) is 3.07. The second kappa shape index (κ2) is 3.91. The van der Waals surface area contributed by atoms with Crippen LogP contribution in [0.4, 0.5) is 4.39 Å². The summed E-state index contributed by atoms with van der Waals surface area (Å²) in [5, 5.41) is 0. The molecule has 0 nitrogen and oxygen atoms in total. The molecular weight excluding hydrogens is 163 g/mol. The predicted octanol–water partition coefficient (Wildman–Crippen LogP) is 4.02. The molecule has 0 aliphatic heterocycles. The first-order valence-electron chi connectivity index (χ1n) is 4.78. The summed E-state index contributed by atoms with van der Waals surface area (Å²) >= 11 is 0. The third-order valence-electron chi connectivity index (χ3n) is 2.40. The Morgan fingerprint density at radius 2 is 2.00 bits per heavy atom. The second-order valence-corrected chi connectivity index (χ2v) is 3.98. The highest BCUT2D eigenvalue weighted by Crippen LogP contribution is 2.26. The summed E-state index contributed by atoms with van der Waals surface area (Å²) in [4.78, 5) is 0. The Labute approximate surface area is 79.8 Å². The molecule has 1 rings (SSSR count). The van der Waals surface area contributed by atoms with Crippen LogP contribution >= 0.6 is 0 Å². The van der Waals surface area contributed by atoms with Crippen molar-refractivity contribution in [2.75, 3.05) is 0 Å². The molecule has 0 fully saturated rings. The lowest BCUT2D eigenvalue weighted by Gasteiger charge is -2.04. The average Bonchev–Trinajstić information content (AvgIpc) is 2.19. The van der Waals surface area contributed by atoms with E-state index in [0.29, 0.717) is 5.92 Å². The molecule has 0 spiro atoms. The smallest absolute Gasteiger partial charge is 0.109 e. The minimum Gasteiger partial charge on any atom is -0.211 e. The topological polar surface area (TPSA) is 0 Å². The number of halogens is 1. The van der Waals surface area contributed by atoms with E-state index in [9.17, 15) is 4.39 Å². The van der Waals surface area contributed by atoms with E-state index in [-0.39, 0.29) is 11.7 Å². The first kappa shape index (κ1) is 10.2. The molecule has 1 aliphatic rings. The zero-order valence-corrected chi connectivity index (χ0v) is 8.76. The molecule has 0 aromatic carbocycles. The predicted molar refractivity (Wildman–Crippen MR) is 55.0 cm³/mol. The normalized spacial score (nSPS) is 23.5. The van der Waals surface area contributed by atoms with Crippen LogP contribution in [0.25, 0.3) is 0 Å². The summed E-state index contributed by atoms with van der Waals surface area (Å²) in [6.45, 7) is 7.96. The number of allylic oxidation sites excluding steroid dienone is 6. The van der Waals surface area contributed by atoms with Crippen LogP contribution in [0.5, 0.6) is 0 Å². The van der Waals surface area contributed by atoms with Gasteiger partial charge in [0, 0.05) is 5.92 Å². The van der Waals surface area contributed by atoms with Crippen molar-refractivity contribution in [2.45, 2.75) is 27.7 Å². The van der Waals surface area contributed by atoms with E-state index in [1.807, 2.05) is 32.1 Å². The van der Waals surface area contributed by atoms with E-state index >= 15 is 0 Å². The standard InChI is InChI=1S/C12H17F/c1-8(2)11-6-5-9(3)12(13)10(4)7-11/h5-9H,1-4H3. The molecule has 1 unspecified atom stereocenters. The maximum absolute atomic E-state index is 13.5. The highest BCUT2D eigenvalue weighted by molar-refractivity contribution is 5.36. The van der Waals surface area contributed by atoms with Gasteiger partial charge in [-0.15, -0.1) is 0 Å². The third kappa shape index (κ3) is 2.30. The Morgan fingerprint density at radius 1 is 1.38 bits per heavy atom. The number of hydrogen-bond acceptors (Lipinski definition) is 0. The summed E-state index contributed by atoms with van der Waals surface area (Å²) in [6.07, 6.45) is 5.91. The van der Waals surface area contributed by atoms with Crippen molar-refractivity contribution in [3.8, 4) is 0 Å². The van der Waals surface area contributed by atoms with Gasteiger partial charge in [0.05, 0.1) is 0 Å². The molecule has 0 saturated heterocycles. The summed E-state index contributed by atoms with van der Waals surface area (Å²) in [6, 6.07) is 0. The van der Waals surface area contributed by atoms with Gasteiger partial charge in [-0.05, 0) is 24.0 Å². The molecule has 0 aromatic rings. The zero-order valence-electron chi connectivity index (χ0n) is 8.76. The fourth-order valence-electron chi connectivity index (χ4n) is 1.43. The van der Waals surface area contributed by atoms with Crippen LogP contribution in [0.15, 0.2) is 35.2 Å². The van der Waals surface area contributed by atoms with Crippen LogP contribution in [-0.2, 0) is 0 Å². The lowest BCUT2D eigenvalue weighted by atomic mass is 10.0. The van der Waals surface area contributed by atoms with Gasteiger partial charge >= 0.3 is 0 Å². The summed E-state index contributed by atoms with van der Waals surface area (Å²) in [7, 11) is 0. The Hall–Kier alpha value is -0.850. The monoisotopic (exact) mass is 180 g/mol. The van der Waals surface area contributed by atoms with Gasteiger partial charge in [-0.2, -0.15) is 0 Å². The van der Waals surface area contributed by atoms with E-state index in [2.05, 4.69) is 13.8 Å². The molecule has 0 bridgehead atoms. The third-order valence-corrected chi connectivity index (χ3v) is 2.40. The van der Waals surface area contributed by atoms with Crippen molar-refractivity contribution < 1.29 is 4.39 Å². The number of rotatable bonds is 1. The first-order chi connectivity index (χ1) is 6.02. The maximum atomic E-state index is 13.5. The Balaban J connectivity index is 3.05. The molecule has 0 heterocycles.